The molecule has 1 aliphatic heterocycles. The van der Waals surface area contributed by atoms with Crippen molar-refractivity contribution in [3.8, 4) is 17.1 Å². The van der Waals surface area contributed by atoms with Crippen molar-refractivity contribution in [1.82, 2.24) is 4.90 Å². The molecule has 1 saturated heterocycles. The van der Waals surface area contributed by atoms with Crippen LogP contribution >= 0.6 is 0 Å². The van der Waals surface area contributed by atoms with Gasteiger partial charge in [0.25, 0.3) is 5.91 Å². The lowest BCUT2D eigenvalue weighted by Gasteiger charge is -2.27. The summed E-state index contributed by atoms with van der Waals surface area (Å²) in [7, 11) is -1.64. The Labute approximate surface area is 180 Å². The highest BCUT2D eigenvalue weighted by molar-refractivity contribution is 7.91. The van der Waals surface area contributed by atoms with Crippen LogP contribution in [0.1, 0.15) is 22.5 Å². The summed E-state index contributed by atoms with van der Waals surface area (Å²) in [6.07, 6.45) is 0.385. The maximum atomic E-state index is 13.3. The number of ether oxygens (including phenoxy) is 1. The van der Waals surface area contributed by atoms with Crippen LogP contribution in [0, 0.1) is 5.82 Å². The van der Waals surface area contributed by atoms with Crippen LogP contribution in [-0.4, -0.2) is 43.9 Å². The third kappa shape index (κ3) is 4.80. The van der Waals surface area contributed by atoms with E-state index in [4.69, 9.17) is 9.15 Å². The fourth-order valence-electron chi connectivity index (χ4n) is 3.69. The largest absolute Gasteiger partial charge is 0.497 e. The molecule has 2 aromatic carbocycles. The molecule has 1 fully saturated rings. The molecule has 4 rings (SSSR count). The van der Waals surface area contributed by atoms with E-state index in [9.17, 15) is 17.6 Å². The number of furan rings is 1. The highest BCUT2D eigenvalue weighted by Gasteiger charge is 2.35. The van der Waals surface area contributed by atoms with Crippen LogP contribution < -0.4 is 4.74 Å². The second kappa shape index (κ2) is 8.55. The van der Waals surface area contributed by atoms with Crippen molar-refractivity contribution in [3.05, 3.63) is 77.8 Å². The lowest BCUT2D eigenvalue weighted by atomic mass is 10.1. The van der Waals surface area contributed by atoms with Gasteiger partial charge in [-0.1, -0.05) is 0 Å². The molecule has 8 heteroatoms. The molecule has 0 bridgehead atoms. The van der Waals surface area contributed by atoms with E-state index in [2.05, 4.69) is 0 Å². The number of hydrogen-bond acceptors (Lipinski definition) is 5. The fourth-order valence-corrected chi connectivity index (χ4v) is 5.42. The Morgan fingerprint density at radius 2 is 1.81 bits per heavy atom. The van der Waals surface area contributed by atoms with Crippen molar-refractivity contribution < 1.29 is 26.8 Å². The van der Waals surface area contributed by atoms with Gasteiger partial charge in [0, 0.05) is 17.2 Å². The van der Waals surface area contributed by atoms with Gasteiger partial charge in [-0.2, -0.15) is 0 Å². The normalized spacial score (nSPS) is 17.4. The molecule has 0 aliphatic carbocycles. The van der Waals surface area contributed by atoms with Crippen LogP contribution in [0.5, 0.6) is 5.75 Å². The fraction of sp³-hybridized carbons (Fsp3) is 0.261. The molecular formula is C23H22FNO5S. The zero-order valence-electron chi connectivity index (χ0n) is 17.0. The van der Waals surface area contributed by atoms with E-state index in [0.717, 1.165) is 0 Å². The topological polar surface area (TPSA) is 76.8 Å². The van der Waals surface area contributed by atoms with Crippen LogP contribution in [0.4, 0.5) is 4.39 Å². The average Bonchev–Trinajstić information content (AvgIpc) is 3.38. The molecule has 3 aromatic rings. The maximum absolute atomic E-state index is 13.3. The molecule has 0 unspecified atom stereocenters. The van der Waals surface area contributed by atoms with Crippen molar-refractivity contribution >= 4 is 15.7 Å². The summed E-state index contributed by atoms with van der Waals surface area (Å²) in [6.45, 7) is 0.131. The molecule has 1 atom stereocenters. The molecule has 0 saturated carbocycles. The molecule has 0 N–H and O–H groups in total. The van der Waals surface area contributed by atoms with E-state index in [1.807, 2.05) is 0 Å². The Bertz CT molecular complexity index is 1170. The maximum Gasteiger partial charge on any atom is 0.254 e. The number of hydrogen-bond donors (Lipinski definition) is 0. The first-order valence-electron chi connectivity index (χ1n) is 9.85. The minimum atomic E-state index is -3.18. The summed E-state index contributed by atoms with van der Waals surface area (Å²) >= 11 is 0. The minimum Gasteiger partial charge on any atom is -0.497 e. The van der Waals surface area contributed by atoms with E-state index in [-0.39, 0.29) is 29.8 Å². The summed E-state index contributed by atoms with van der Waals surface area (Å²) in [5, 5.41) is 0. The number of sulfone groups is 1. The predicted molar refractivity (Wildman–Crippen MR) is 114 cm³/mol. The standard InChI is InChI=1S/C23H22FNO5S/c1-29-20-8-4-17(5-9-20)23(26)25(19-12-13-31(27,28)15-19)14-21-10-11-22(30-21)16-2-6-18(24)7-3-16/h2-11,19H,12-15H2,1H3/t19-/m0/s1. The number of carbonyl (C=O) groups excluding carboxylic acids is 1. The van der Waals surface area contributed by atoms with Crippen LogP contribution in [0.15, 0.2) is 65.1 Å². The quantitative estimate of drug-likeness (QED) is 0.577. The van der Waals surface area contributed by atoms with Gasteiger partial charge in [0.1, 0.15) is 23.1 Å². The third-order valence-corrected chi connectivity index (χ3v) is 7.11. The van der Waals surface area contributed by atoms with Gasteiger partial charge in [-0.15, -0.1) is 0 Å². The van der Waals surface area contributed by atoms with E-state index >= 15 is 0 Å². The Balaban J connectivity index is 1.60. The summed E-state index contributed by atoms with van der Waals surface area (Å²) in [4.78, 5) is 14.8. The highest BCUT2D eigenvalue weighted by atomic mass is 32.2. The van der Waals surface area contributed by atoms with Crippen molar-refractivity contribution in [2.45, 2.75) is 19.0 Å². The van der Waals surface area contributed by atoms with Crippen LogP contribution in [0.2, 0.25) is 0 Å². The zero-order chi connectivity index (χ0) is 22.0. The highest BCUT2D eigenvalue weighted by Crippen LogP contribution is 2.27. The molecule has 162 valence electrons. The predicted octanol–water partition coefficient (Wildman–Crippen LogP) is 3.92. The van der Waals surface area contributed by atoms with Gasteiger partial charge in [-0.3, -0.25) is 4.79 Å². The molecule has 2 heterocycles. The number of rotatable bonds is 6. The minimum absolute atomic E-state index is 0.0586. The van der Waals surface area contributed by atoms with Gasteiger partial charge in [-0.25, -0.2) is 12.8 Å². The monoisotopic (exact) mass is 443 g/mol. The molecule has 1 aromatic heterocycles. The van der Waals surface area contributed by atoms with Gasteiger partial charge in [-0.05, 0) is 67.1 Å². The van der Waals surface area contributed by atoms with Gasteiger partial charge in [0.15, 0.2) is 9.84 Å². The van der Waals surface area contributed by atoms with E-state index < -0.39 is 15.9 Å². The summed E-state index contributed by atoms with van der Waals surface area (Å²) in [5.74, 6) is 1.07. The van der Waals surface area contributed by atoms with Crippen LogP contribution in [-0.2, 0) is 16.4 Å². The molecule has 0 spiro atoms. The van der Waals surface area contributed by atoms with Gasteiger partial charge < -0.3 is 14.1 Å². The van der Waals surface area contributed by atoms with E-state index in [1.165, 1.54) is 12.1 Å². The lowest BCUT2D eigenvalue weighted by Crippen LogP contribution is -2.40. The molecule has 31 heavy (non-hydrogen) atoms. The van der Waals surface area contributed by atoms with Crippen LogP contribution in [0.3, 0.4) is 0 Å². The summed E-state index contributed by atoms with van der Waals surface area (Å²) < 4.78 is 48.3. The Hall–Kier alpha value is -3.13. The first kappa shape index (κ1) is 21.1. The third-order valence-electron chi connectivity index (χ3n) is 5.36. The number of nitrogens with zero attached hydrogens (tertiary/aromatic N) is 1. The molecule has 1 aliphatic rings. The summed E-state index contributed by atoms with van der Waals surface area (Å²) in [5.41, 5.74) is 1.15. The number of amides is 1. The second-order valence-corrected chi connectivity index (χ2v) is 9.72. The smallest absolute Gasteiger partial charge is 0.254 e. The number of carbonyl (C=O) groups is 1. The van der Waals surface area contributed by atoms with Crippen molar-refractivity contribution in [1.29, 1.82) is 0 Å². The summed E-state index contributed by atoms with van der Waals surface area (Å²) in [6, 6.07) is 15.7. The van der Waals surface area contributed by atoms with Gasteiger partial charge >= 0.3 is 0 Å². The number of methoxy groups -OCH3 is 1. The van der Waals surface area contributed by atoms with E-state index in [0.29, 0.717) is 34.8 Å². The van der Waals surface area contributed by atoms with Crippen molar-refractivity contribution in [3.63, 3.8) is 0 Å². The van der Waals surface area contributed by atoms with Crippen molar-refractivity contribution in [2.75, 3.05) is 18.6 Å². The lowest BCUT2D eigenvalue weighted by molar-refractivity contribution is 0.0666. The van der Waals surface area contributed by atoms with Gasteiger partial charge in [0.05, 0.1) is 25.2 Å². The van der Waals surface area contributed by atoms with Crippen LogP contribution in [0.25, 0.3) is 11.3 Å². The van der Waals surface area contributed by atoms with E-state index in [1.54, 1.807) is 60.5 Å². The SMILES string of the molecule is COc1ccc(C(=O)N(Cc2ccc(-c3ccc(F)cc3)o2)[C@H]2CCS(=O)(=O)C2)cc1. The Morgan fingerprint density at radius 3 is 2.42 bits per heavy atom. The molecule has 0 radical (unpaired) electrons. The molecule has 1 amide bonds. The first-order valence-corrected chi connectivity index (χ1v) is 11.7. The Morgan fingerprint density at radius 1 is 1.10 bits per heavy atom. The van der Waals surface area contributed by atoms with Crippen molar-refractivity contribution in [2.24, 2.45) is 0 Å². The average molecular weight is 443 g/mol. The number of halogens is 1. The molecular weight excluding hydrogens is 421 g/mol. The first-order chi connectivity index (χ1) is 14.8. The number of benzene rings is 2. The van der Waals surface area contributed by atoms with Gasteiger partial charge in [0.2, 0.25) is 0 Å². The second-order valence-electron chi connectivity index (χ2n) is 7.49. The Kier molecular flexibility index (Phi) is 5.82. The molecule has 6 nitrogen and oxygen atoms in total. The zero-order valence-corrected chi connectivity index (χ0v) is 17.8.